The maximum atomic E-state index is 12.9. The molecule has 1 aromatic heterocycles. The Morgan fingerprint density at radius 1 is 1.12 bits per heavy atom. The molecule has 0 aliphatic rings. The van der Waals surface area contributed by atoms with Gasteiger partial charge in [0, 0.05) is 6.07 Å². The largest absolute Gasteiger partial charge is 0.496 e. The van der Waals surface area contributed by atoms with Crippen LogP contribution in [-0.4, -0.2) is 7.11 Å². The molecule has 0 spiro atoms. The number of methoxy groups -OCH3 is 1. The normalized spacial score (nSPS) is 11.2. The highest BCUT2D eigenvalue weighted by Crippen LogP contribution is 2.27. The summed E-state index contributed by atoms with van der Waals surface area (Å²) in [5, 5.41) is 0.595. The summed E-state index contributed by atoms with van der Waals surface area (Å²) in [6.45, 7) is 6.35. The molecule has 0 bridgehead atoms. The molecule has 0 atom stereocenters. The average molecular weight is 322 g/mol. The lowest BCUT2D eigenvalue weighted by Crippen LogP contribution is -2.06. The minimum atomic E-state index is -0.00843. The van der Waals surface area contributed by atoms with E-state index in [1.165, 1.54) is 5.56 Å². The first-order valence-electron chi connectivity index (χ1n) is 8.28. The second-order valence-corrected chi connectivity index (χ2v) is 6.27. The van der Waals surface area contributed by atoms with E-state index in [0.29, 0.717) is 22.5 Å². The number of ether oxygens (including phenoxy) is 1. The number of hydrogen-bond acceptors (Lipinski definition) is 3. The van der Waals surface area contributed by atoms with Gasteiger partial charge < -0.3 is 9.15 Å². The number of fused-ring (bicyclic) bond motifs is 1. The molecule has 24 heavy (non-hydrogen) atoms. The monoisotopic (exact) mass is 322 g/mol. The van der Waals surface area contributed by atoms with E-state index in [2.05, 4.69) is 26.0 Å². The van der Waals surface area contributed by atoms with Crippen molar-refractivity contribution in [3.8, 4) is 16.9 Å². The van der Waals surface area contributed by atoms with Crippen molar-refractivity contribution in [1.82, 2.24) is 0 Å². The van der Waals surface area contributed by atoms with Crippen LogP contribution in [0.2, 0.25) is 0 Å². The zero-order chi connectivity index (χ0) is 17.3. The molecule has 0 fully saturated rings. The maximum absolute atomic E-state index is 12.9. The summed E-state index contributed by atoms with van der Waals surface area (Å²) >= 11 is 0. The molecule has 2 aromatic carbocycles. The highest BCUT2D eigenvalue weighted by Gasteiger charge is 2.13. The van der Waals surface area contributed by atoms with Gasteiger partial charge in [-0.25, -0.2) is 0 Å². The molecule has 0 unspecified atom stereocenters. The van der Waals surface area contributed by atoms with Gasteiger partial charge in [-0.15, -0.1) is 0 Å². The van der Waals surface area contributed by atoms with Crippen molar-refractivity contribution in [3.05, 3.63) is 64.0 Å². The van der Waals surface area contributed by atoms with Gasteiger partial charge in [-0.2, -0.15) is 0 Å². The fourth-order valence-electron chi connectivity index (χ4n) is 2.91. The van der Waals surface area contributed by atoms with Gasteiger partial charge in [0.25, 0.3) is 0 Å². The first-order valence-corrected chi connectivity index (χ1v) is 8.28. The molecular formula is C21H22O3. The molecule has 3 heteroatoms. The van der Waals surface area contributed by atoms with E-state index in [4.69, 9.17) is 9.15 Å². The van der Waals surface area contributed by atoms with Gasteiger partial charge in [0.1, 0.15) is 17.6 Å². The van der Waals surface area contributed by atoms with Crippen LogP contribution in [0.5, 0.6) is 5.75 Å². The van der Waals surface area contributed by atoms with Crippen molar-refractivity contribution in [2.24, 2.45) is 0 Å². The lowest BCUT2D eigenvalue weighted by molar-refractivity contribution is 0.409. The molecule has 3 rings (SSSR count). The molecule has 0 radical (unpaired) electrons. The van der Waals surface area contributed by atoms with E-state index >= 15 is 0 Å². The van der Waals surface area contributed by atoms with Crippen LogP contribution < -0.4 is 10.2 Å². The maximum Gasteiger partial charge on any atom is 0.200 e. The molecule has 0 saturated carbocycles. The number of rotatable bonds is 4. The fraction of sp³-hybridized carbons (Fsp3) is 0.286. The van der Waals surface area contributed by atoms with E-state index in [0.717, 1.165) is 23.3 Å². The SMILES string of the molecule is CCc1cc2c(=O)c(-c3ccc(C(C)C)cc3)coc2cc1OC. The number of hydrogen-bond donors (Lipinski definition) is 0. The van der Waals surface area contributed by atoms with E-state index in [1.54, 1.807) is 19.4 Å². The Morgan fingerprint density at radius 3 is 2.42 bits per heavy atom. The highest BCUT2D eigenvalue weighted by molar-refractivity contribution is 5.83. The molecule has 0 N–H and O–H groups in total. The van der Waals surface area contributed by atoms with Crippen molar-refractivity contribution < 1.29 is 9.15 Å². The summed E-state index contributed by atoms with van der Waals surface area (Å²) < 4.78 is 11.1. The molecule has 1 heterocycles. The third-order valence-electron chi connectivity index (χ3n) is 4.44. The average Bonchev–Trinajstić information content (AvgIpc) is 2.61. The second-order valence-electron chi connectivity index (χ2n) is 6.27. The van der Waals surface area contributed by atoms with Crippen LogP contribution in [0.3, 0.4) is 0 Å². The Morgan fingerprint density at radius 2 is 1.83 bits per heavy atom. The van der Waals surface area contributed by atoms with Gasteiger partial charge >= 0.3 is 0 Å². The molecule has 0 aliphatic carbocycles. The third kappa shape index (κ3) is 2.82. The number of aryl methyl sites for hydroxylation is 1. The molecule has 0 aliphatic heterocycles. The van der Waals surface area contributed by atoms with Crippen molar-refractivity contribution >= 4 is 11.0 Å². The predicted octanol–water partition coefficient (Wildman–Crippen LogP) is 5.15. The minimum Gasteiger partial charge on any atom is -0.496 e. The number of benzene rings is 2. The van der Waals surface area contributed by atoms with E-state index < -0.39 is 0 Å². The summed E-state index contributed by atoms with van der Waals surface area (Å²) in [7, 11) is 1.63. The second kappa shape index (κ2) is 6.52. The summed E-state index contributed by atoms with van der Waals surface area (Å²) in [5.74, 6) is 1.22. The third-order valence-corrected chi connectivity index (χ3v) is 4.44. The van der Waals surface area contributed by atoms with Crippen LogP contribution in [0.1, 0.15) is 37.8 Å². The van der Waals surface area contributed by atoms with Gasteiger partial charge in [-0.1, -0.05) is 45.0 Å². The lowest BCUT2D eigenvalue weighted by Gasteiger charge is -2.10. The van der Waals surface area contributed by atoms with E-state index in [9.17, 15) is 4.79 Å². The highest BCUT2D eigenvalue weighted by atomic mass is 16.5. The Balaban J connectivity index is 2.16. The van der Waals surface area contributed by atoms with Crippen molar-refractivity contribution in [2.45, 2.75) is 33.1 Å². The van der Waals surface area contributed by atoms with Crippen molar-refractivity contribution in [3.63, 3.8) is 0 Å². The van der Waals surface area contributed by atoms with E-state index in [-0.39, 0.29) is 5.43 Å². The van der Waals surface area contributed by atoms with Crippen LogP contribution >= 0.6 is 0 Å². The molecule has 0 amide bonds. The molecule has 3 aromatic rings. The first kappa shape index (κ1) is 16.3. The van der Waals surface area contributed by atoms with Crippen LogP contribution in [0.25, 0.3) is 22.1 Å². The fourth-order valence-corrected chi connectivity index (χ4v) is 2.91. The van der Waals surface area contributed by atoms with Gasteiger partial charge in [-0.05, 0) is 35.1 Å². The molecule has 3 nitrogen and oxygen atoms in total. The Labute approximate surface area is 141 Å². The quantitative estimate of drug-likeness (QED) is 0.666. The van der Waals surface area contributed by atoms with Gasteiger partial charge in [0.15, 0.2) is 0 Å². The van der Waals surface area contributed by atoms with Gasteiger partial charge in [-0.3, -0.25) is 4.79 Å². The van der Waals surface area contributed by atoms with Crippen molar-refractivity contribution in [2.75, 3.05) is 7.11 Å². The lowest BCUT2D eigenvalue weighted by atomic mass is 9.98. The minimum absolute atomic E-state index is 0.00843. The van der Waals surface area contributed by atoms with Crippen LogP contribution in [0, 0.1) is 0 Å². The standard InChI is InChI=1S/C21H22O3/c1-5-14-10-17-20(11-19(14)23-4)24-12-18(21(17)22)16-8-6-15(7-9-16)13(2)3/h6-13H,5H2,1-4H3. The van der Waals surface area contributed by atoms with Crippen LogP contribution in [0.4, 0.5) is 0 Å². The van der Waals surface area contributed by atoms with Crippen molar-refractivity contribution in [1.29, 1.82) is 0 Å². The van der Waals surface area contributed by atoms with Crippen LogP contribution in [-0.2, 0) is 6.42 Å². The topological polar surface area (TPSA) is 39.4 Å². The molecular weight excluding hydrogens is 300 g/mol. The molecule has 0 saturated heterocycles. The molecule has 124 valence electrons. The zero-order valence-electron chi connectivity index (χ0n) is 14.6. The summed E-state index contributed by atoms with van der Waals surface area (Å²) in [4.78, 5) is 12.9. The Bertz CT molecular complexity index is 918. The van der Waals surface area contributed by atoms with Gasteiger partial charge in [0.2, 0.25) is 5.43 Å². The zero-order valence-corrected chi connectivity index (χ0v) is 14.6. The first-order chi connectivity index (χ1) is 11.5. The predicted molar refractivity (Wildman–Crippen MR) is 97.9 cm³/mol. The summed E-state index contributed by atoms with van der Waals surface area (Å²) in [6, 6.07) is 11.8. The Hall–Kier alpha value is -2.55. The van der Waals surface area contributed by atoms with Gasteiger partial charge in [0.05, 0.1) is 18.1 Å². The van der Waals surface area contributed by atoms with E-state index in [1.807, 2.05) is 25.1 Å². The summed E-state index contributed by atoms with van der Waals surface area (Å²) in [5.41, 5.74) is 4.27. The Kier molecular flexibility index (Phi) is 4.43. The smallest absolute Gasteiger partial charge is 0.200 e. The van der Waals surface area contributed by atoms with Crippen LogP contribution in [0.15, 0.2) is 51.9 Å². The summed E-state index contributed by atoms with van der Waals surface area (Å²) in [6.07, 6.45) is 2.34.